The molecule has 1 aromatic rings. The van der Waals surface area contributed by atoms with Crippen molar-refractivity contribution in [1.29, 1.82) is 0 Å². The standard InChI is InChI=1S/C13H18FNO3/c1-17-12-4-2-3-10(14)13(12)11(16)7-9-8-18-6-5-15-9/h2-4,9,11,15-16H,5-8H2,1H3. The van der Waals surface area contributed by atoms with Crippen LogP contribution in [0, 0.1) is 5.82 Å². The lowest BCUT2D eigenvalue weighted by atomic mass is 10.0. The van der Waals surface area contributed by atoms with Gasteiger partial charge in [0.1, 0.15) is 11.6 Å². The second-order valence-corrected chi connectivity index (χ2v) is 4.33. The molecular formula is C13H18FNO3. The van der Waals surface area contributed by atoms with E-state index in [9.17, 15) is 9.50 Å². The molecule has 1 aromatic carbocycles. The second-order valence-electron chi connectivity index (χ2n) is 4.33. The van der Waals surface area contributed by atoms with Crippen LogP contribution in [0.1, 0.15) is 18.1 Å². The number of halogens is 1. The summed E-state index contributed by atoms with van der Waals surface area (Å²) in [6, 6.07) is 4.57. The van der Waals surface area contributed by atoms with Crippen LogP contribution in [0.25, 0.3) is 0 Å². The highest BCUT2D eigenvalue weighted by atomic mass is 19.1. The van der Waals surface area contributed by atoms with Crippen molar-refractivity contribution in [3.05, 3.63) is 29.6 Å². The van der Waals surface area contributed by atoms with Gasteiger partial charge in [-0.3, -0.25) is 0 Å². The molecule has 0 aliphatic carbocycles. The highest BCUT2D eigenvalue weighted by Gasteiger charge is 2.23. The number of ether oxygens (including phenoxy) is 2. The summed E-state index contributed by atoms with van der Waals surface area (Å²) in [5, 5.41) is 13.4. The Morgan fingerprint density at radius 3 is 3.11 bits per heavy atom. The Hall–Kier alpha value is -1.17. The summed E-state index contributed by atoms with van der Waals surface area (Å²) in [4.78, 5) is 0. The van der Waals surface area contributed by atoms with Crippen molar-refractivity contribution in [2.45, 2.75) is 18.6 Å². The molecule has 0 bridgehead atoms. The number of methoxy groups -OCH3 is 1. The van der Waals surface area contributed by atoms with Crippen molar-refractivity contribution in [3.63, 3.8) is 0 Å². The fourth-order valence-electron chi connectivity index (χ4n) is 2.18. The van der Waals surface area contributed by atoms with Crippen LogP contribution in [-0.2, 0) is 4.74 Å². The third-order valence-corrected chi connectivity index (χ3v) is 3.07. The van der Waals surface area contributed by atoms with Gasteiger partial charge >= 0.3 is 0 Å². The molecule has 2 atom stereocenters. The van der Waals surface area contributed by atoms with Crippen LogP contribution in [0.3, 0.4) is 0 Å². The maximum absolute atomic E-state index is 13.8. The van der Waals surface area contributed by atoms with Gasteiger partial charge in [-0.25, -0.2) is 4.39 Å². The summed E-state index contributed by atoms with van der Waals surface area (Å²) in [5.41, 5.74) is 0.215. The number of aliphatic hydroxyl groups is 1. The largest absolute Gasteiger partial charge is 0.496 e. The zero-order valence-electron chi connectivity index (χ0n) is 10.4. The Bertz CT molecular complexity index is 394. The molecule has 2 unspecified atom stereocenters. The average molecular weight is 255 g/mol. The first kappa shape index (κ1) is 13.3. The van der Waals surface area contributed by atoms with Crippen molar-refractivity contribution < 1.29 is 19.0 Å². The molecule has 1 heterocycles. The quantitative estimate of drug-likeness (QED) is 0.850. The van der Waals surface area contributed by atoms with Crippen molar-refractivity contribution in [1.82, 2.24) is 5.32 Å². The van der Waals surface area contributed by atoms with E-state index < -0.39 is 11.9 Å². The predicted molar refractivity (Wildman–Crippen MR) is 65.1 cm³/mol. The van der Waals surface area contributed by atoms with Gasteiger partial charge in [0.05, 0.1) is 32.0 Å². The highest BCUT2D eigenvalue weighted by molar-refractivity contribution is 5.36. The van der Waals surface area contributed by atoms with Gasteiger partial charge in [-0.1, -0.05) is 6.07 Å². The number of morpholine rings is 1. The molecule has 1 aliphatic rings. The van der Waals surface area contributed by atoms with E-state index >= 15 is 0 Å². The zero-order chi connectivity index (χ0) is 13.0. The van der Waals surface area contributed by atoms with Gasteiger partial charge in [-0.05, 0) is 18.6 Å². The van der Waals surface area contributed by atoms with E-state index in [1.807, 2.05) is 0 Å². The van der Waals surface area contributed by atoms with Crippen LogP contribution in [0.5, 0.6) is 5.75 Å². The van der Waals surface area contributed by atoms with Gasteiger partial charge in [-0.15, -0.1) is 0 Å². The molecule has 0 spiro atoms. The summed E-state index contributed by atoms with van der Waals surface area (Å²) in [7, 11) is 1.47. The number of hydrogen-bond acceptors (Lipinski definition) is 4. The van der Waals surface area contributed by atoms with E-state index in [1.54, 1.807) is 12.1 Å². The minimum Gasteiger partial charge on any atom is -0.496 e. The lowest BCUT2D eigenvalue weighted by molar-refractivity contribution is 0.0506. The molecule has 4 nitrogen and oxygen atoms in total. The molecular weight excluding hydrogens is 237 g/mol. The maximum Gasteiger partial charge on any atom is 0.132 e. The van der Waals surface area contributed by atoms with Crippen molar-refractivity contribution in [2.24, 2.45) is 0 Å². The minimum absolute atomic E-state index is 0.0399. The molecule has 0 saturated carbocycles. The van der Waals surface area contributed by atoms with Gasteiger partial charge in [-0.2, -0.15) is 0 Å². The van der Waals surface area contributed by atoms with E-state index in [-0.39, 0.29) is 11.6 Å². The molecule has 1 aliphatic heterocycles. The second kappa shape index (κ2) is 6.13. The zero-order valence-corrected chi connectivity index (χ0v) is 10.4. The molecule has 0 radical (unpaired) electrons. The van der Waals surface area contributed by atoms with Crippen LogP contribution in [0.2, 0.25) is 0 Å². The summed E-state index contributed by atoms with van der Waals surface area (Å²) < 4.78 is 24.1. The smallest absolute Gasteiger partial charge is 0.132 e. The first-order valence-electron chi connectivity index (χ1n) is 6.04. The van der Waals surface area contributed by atoms with Gasteiger partial charge in [0.15, 0.2) is 0 Å². The first-order valence-corrected chi connectivity index (χ1v) is 6.04. The molecule has 0 aromatic heterocycles. The van der Waals surface area contributed by atoms with E-state index in [0.717, 1.165) is 6.54 Å². The number of rotatable bonds is 4. The first-order chi connectivity index (χ1) is 8.72. The average Bonchev–Trinajstić information content (AvgIpc) is 2.39. The van der Waals surface area contributed by atoms with Crippen LogP contribution in [0.15, 0.2) is 18.2 Å². The van der Waals surface area contributed by atoms with Gasteiger partial charge in [0.25, 0.3) is 0 Å². The Morgan fingerprint density at radius 1 is 1.61 bits per heavy atom. The monoisotopic (exact) mass is 255 g/mol. The third kappa shape index (κ3) is 2.98. The van der Waals surface area contributed by atoms with Crippen molar-refractivity contribution >= 4 is 0 Å². The third-order valence-electron chi connectivity index (χ3n) is 3.07. The molecule has 1 saturated heterocycles. The molecule has 0 amide bonds. The molecule has 5 heteroatoms. The minimum atomic E-state index is -0.902. The molecule has 2 N–H and O–H groups in total. The lowest BCUT2D eigenvalue weighted by Crippen LogP contribution is -2.42. The Morgan fingerprint density at radius 2 is 2.44 bits per heavy atom. The SMILES string of the molecule is COc1cccc(F)c1C(O)CC1COCCN1. The molecule has 18 heavy (non-hydrogen) atoms. The fraction of sp³-hybridized carbons (Fsp3) is 0.538. The van der Waals surface area contributed by atoms with Gasteiger partial charge < -0.3 is 19.9 Å². The topological polar surface area (TPSA) is 50.7 Å². The van der Waals surface area contributed by atoms with E-state index in [1.165, 1.54) is 13.2 Å². The van der Waals surface area contributed by atoms with Crippen LogP contribution in [-0.4, -0.2) is 38.0 Å². The number of aliphatic hydroxyl groups excluding tert-OH is 1. The van der Waals surface area contributed by atoms with Gasteiger partial charge in [0, 0.05) is 12.6 Å². The number of hydrogen-bond donors (Lipinski definition) is 2. The van der Waals surface area contributed by atoms with Crippen LogP contribution < -0.4 is 10.1 Å². The lowest BCUT2D eigenvalue weighted by Gasteiger charge is -2.26. The van der Waals surface area contributed by atoms with E-state index in [4.69, 9.17) is 9.47 Å². The molecule has 100 valence electrons. The van der Waals surface area contributed by atoms with Crippen LogP contribution >= 0.6 is 0 Å². The van der Waals surface area contributed by atoms with Crippen molar-refractivity contribution in [3.8, 4) is 5.75 Å². The maximum atomic E-state index is 13.8. The van der Waals surface area contributed by atoms with E-state index in [2.05, 4.69) is 5.32 Å². The van der Waals surface area contributed by atoms with Gasteiger partial charge in [0.2, 0.25) is 0 Å². The Balaban J connectivity index is 2.09. The van der Waals surface area contributed by atoms with Crippen LogP contribution in [0.4, 0.5) is 4.39 Å². The fourth-order valence-corrected chi connectivity index (χ4v) is 2.18. The van der Waals surface area contributed by atoms with E-state index in [0.29, 0.717) is 25.4 Å². The normalized spacial score (nSPS) is 21.6. The summed E-state index contributed by atoms with van der Waals surface area (Å²) in [5.74, 6) is -0.0715. The summed E-state index contributed by atoms with van der Waals surface area (Å²) in [6.45, 7) is 1.97. The summed E-state index contributed by atoms with van der Waals surface area (Å²) in [6.07, 6.45) is -0.502. The summed E-state index contributed by atoms with van der Waals surface area (Å²) >= 11 is 0. The molecule has 2 rings (SSSR count). The number of nitrogens with one attached hydrogen (secondary N) is 1. The van der Waals surface area contributed by atoms with Crippen molar-refractivity contribution in [2.75, 3.05) is 26.9 Å². The number of benzene rings is 1. The predicted octanol–water partition coefficient (Wildman–Crippen LogP) is 1.25. The Kier molecular flexibility index (Phi) is 4.52. The highest BCUT2D eigenvalue weighted by Crippen LogP contribution is 2.30. The molecule has 1 fully saturated rings. The Labute approximate surface area is 106 Å².